The van der Waals surface area contributed by atoms with E-state index < -0.39 is 9.84 Å². The maximum Gasteiger partial charge on any atom is 0.221 e. The van der Waals surface area contributed by atoms with Crippen molar-refractivity contribution < 1.29 is 13.2 Å². The Hall–Kier alpha value is -2.92. The summed E-state index contributed by atoms with van der Waals surface area (Å²) in [5, 5.41) is 2.89. The minimum absolute atomic E-state index is 0.0668. The van der Waals surface area contributed by atoms with Gasteiger partial charge in [0.15, 0.2) is 9.84 Å². The van der Waals surface area contributed by atoms with Gasteiger partial charge in [0.1, 0.15) is 0 Å². The Balaban J connectivity index is 1.57. The van der Waals surface area contributed by atoms with Crippen LogP contribution in [0.25, 0.3) is 11.1 Å². The molecule has 0 bridgehead atoms. The smallest absolute Gasteiger partial charge is 0.221 e. The van der Waals surface area contributed by atoms with E-state index in [1.807, 2.05) is 56.3 Å². The number of carbonyl (C=O) groups excluding carboxylic acids is 1. The van der Waals surface area contributed by atoms with Crippen molar-refractivity contribution in [3.05, 3.63) is 90.0 Å². The zero-order valence-electron chi connectivity index (χ0n) is 16.6. The summed E-state index contributed by atoms with van der Waals surface area (Å²) in [5.41, 5.74) is 4.21. The van der Waals surface area contributed by atoms with Gasteiger partial charge in [-0.2, -0.15) is 0 Å². The number of rotatable bonds is 7. The van der Waals surface area contributed by atoms with Crippen LogP contribution in [0.15, 0.2) is 83.8 Å². The fourth-order valence-corrected chi connectivity index (χ4v) is 4.32. The average Bonchev–Trinajstić information content (AvgIpc) is 2.73. The summed E-state index contributed by atoms with van der Waals surface area (Å²) in [7, 11) is -3.47. The molecule has 150 valence electrons. The molecule has 5 heteroatoms. The molecule has 1 atom stereocenters. The molecule has 4 nitrogen and oxygen atoms in total. The predicted molar refractivity (Wildman–Crippen MR) is 116 cm³/mol. The lowest BCUT2D eigenvalue weighted by molar-refractivity contribution is -0.121. The molecular weight excluding hydrogens is 382 g/mol. The Morgan fingerprint density at radius 3 is 2.07 bits per heavy atom. The molecule has 0 aliphatic rings. The number of aryl methyl sites for hydroxylation is 1. The molecule has 1 amide bonds. The molecule has 0 aromatic heterocycles. The molecule has 0 aliphatic carbocycles. The van der Waals surface area contributed by atoms with E-state index in [9.17, 15) is 13.2 Å². The van der Waals surface area contributed by atoms with Gasteiger partial charge in [0, 0.05) is 6.42 Å². The van der Waals surface area contributed by atoms with Gasteiger partial charge < -0.3 is 5.32 Å². The largest absolute Gasteiger partial charge is 0.350 e. The third-order valence-electron chi connectivity index (χ3n) is 4.87. The van der Waals surface area contributed by atoms with Crippen LogP contribution in [-0.4, -0.2) is 20.1 Å². The van der Waals surface area contributed by atoms with Gasteiger partial charge in [-0.05, 0) is 42.7 Å². The van der Waals surface area contributed by atoms with E-state index in [1.54, 1.807) is 24.3 Å². The van der Waals surface area contributed by atoms with Crippen molar-refractivity contribution in [2.45, 2.75) is 31.2 Å². The van der Waals surface area contributed by atoms with Gasteiger partial charge in [-0.25, -0.2) is 8.42 Å². The van der Waals surface area contributed by atoms with Crippen LogP contribution in [0.4, 0.5) is 0 Å². The summed E-state index contributed by atoms with van der Waals surface area (Å²) in [4.78, 5) is 12.5. The van der Waals surface area contributed by atoms with E-state index in [4.69, 9.17) is 0 Å². The summed E-state index contributed by atoms with van der Waals surface area (Å²) in [6, 6.07) is 24.6. The summed E-state index contributed by atoms with van der Waals surface area (Å²) in [6.45, 7) is 3.79. The first-order chi connectivity index (χ1) is 13.8. The number of sulfone groups is 1. The highest BCUT2D eigenvalue weighted by molar-refractivity contribution is 7.91. The molecule has 0 saturated heterocycles. The first-order valence-corrected chi connectivity index (χ1v) is 11.2. The van der Waals surface area contributed by atoms with Crippen molar-refractivity contribution in [3.8, 4) is 11.1 Å². The number of hydrogen-bond donors (Lipinski definition) is 1. The summed E-state index contributed by atoms with van der Waals surface area (Å²) in [5.74, 6) is -0.484. The third kappa shape index (κ3) is 5.55. The molecular formula is C24H25NO3S. The van der Waals surface area contributed by atoms with E-state index in [0.717, 1.165) is 22.3 Å². The highest BCUT2D eigenvalue weighted by Gasteiger charge is 2.17. The van der Waals surface area contributed by atoms with Crippen molar-refractivity contribution in [3.63, 3.8) is 0 Å². The second kappa shape index (κ2) is 9.05. The van der Waals surface area contributed by atoms with Crippen molar-refractivity contribution in [2.75, 3.05) is 5.75 Å². The first-order valence-electron chi connectivity index (χ1n) is 9.59. The highest BCUT2D eigenvalue weighted by Crippen LogP contribution is 2.22. The molecule has 1 N–H and O–H groups in total. The van der Waals surface area contributed by atoms with Crippen LogP contribution >= 0.6 is 0 Å². The number of hydrogen-bond acceptors (Lipinski definition) is 3. The molecule has 1 unspecified atom stereocenters. The van der Waals surface area contributed by atoms with Gasteiger partial charge >= 0.3 is 0 Å². The molecule has 0 heterocycles. The lowest BCUT2D eigenvalue weighted by Crippen LogP contribution is -2.28. The molecule has 0 spiro atoms. The molecule has 0 saturated carbocycles. The van der Waals surface area contributed by atoms with Crippen LogP contribution in [0.3, 0.4) is 0 Å². The van der Waals surface area contributed by atoms with Crippen LogP contribution in [-0.2, 0) is 14.6 Å². The molecule has 3 aromatic carbocycles. The fraction of sp³-hybridized carbons (Fsp3) is 0.208. The van der Waals surface area contributed by atoms with Crippen LogP contribution in [0.5, 0.6) is 0 Å². The topological polar surface area (TPSA) is 63.2 Å². The van der Waals surface area contributed by atoms with Crippen LogP contribution in [0.2, 0.25) is 0 Å². The van der Waals surface area contributed by atoms with Crippen LogP contribution in [0, 0.1) is 6.92 Å². The standard InChI is InChI=1S/C24H25NO3S/c1-18-8-14-23(15-9-18)29(27,28)17-16-24(26)25-19(2)20-10-12-22(13-11-20)21-6-4-3-5-7-21/h3-15,19H,16-17H2,1-2H3,(H,25,26). The minimum Gasteiger partial charge on any atom is -0.350 e. The lowest BCUT2D eigenvalue weighted by Gasteiger charge is -2.15. The van der Waals surface area contributed by atoms with E-state index in [0.29, 0.717) is 0 Å². The van der Waals surface area contributed by atoms with Crippen molar-refractivity contribution in [2.24, 2.45) is 0 Å². The third-order valence-corrected chi connectivity index (χ3v) is 6.61. The average molecular weight is 408 g/mol. The van der Waals surface area contributed by atoms with Crippen molar-refractivity contribution in [1.82, 2.24) is 5.32 Å². The van der Waals surface area contributed by atoms with E-state index >= 15 is 0 Å². The first kappa shape index (κ1) is 20.8. The van der Waals surface area contributed by atoms with Gasteiger partial charge in [0.2, 0.25) is 5.91 Å². The predicted octanol–water partition coefficient (Wildman–Crippen LogP) is 4.70. The highest BCUT2D eigenvalue weighted by atomic mass is 32.2. The van der Waals surface area contributed by atoms with Crippen molar-refractivity contribution in [1.29, 1.82) is 0 Å². The maximum absolute atomic E-state index is 12.4. The van der Waals surface area contributed by atoms with E-state index in [-0.39, 0.29) is 29.0 Å². The number of benzene rings is 3. The summed E-state index contributed by atoms with van der Waals surface area (Å²) < 4.78 is 24.8. The molecule has 0 fully saturated rings. The second-order valence-corrected chi connectivity index (χ2v) is 9.27. The second-order valence-electron chi connectivity index (χ2n) is 7.16. The zero-order chi connectivity index (χ0) is 20.9. The Morgan fingerprint density at radius 1 is 0.862 bits per heavy atom. The van der Waals surface area contributed by atoms with Crippen LogP contribution < -0.4 is 5.32 Å². The van der Waals surface area contributed by atoms with Gasteiger partial charge in [-0.15, -0.1) is 0 Å². The van der Waals surface area contributed by atoms with Gasteiger partial charge in [0.05, 0.1) is 16.7 Å². The Morgan fingerprint density at radius 2 is 1.45 bits per heavy atom. The Kier molecular flexibility index (Phi) is 6.49. The van der Waals surface area contributed by atoms with E-state index in [1.165, 1.54) is 0 Å². The normalized spacial score (nSPS) is 12.3. The Bertz CT molecular complexity index is 1060. The molecule has 0 aliphatic heterocycles. The minimum atomic E-state index is -3.47. The molecule has 3 aromatic rings. The summed E-state index contributed by atoms with van der Waals surface area (Å²) >= 11 is 0. The fourth-order valence-electron chi connectivity index (χ4n) is 3.08. The van der Waals surface area contributed by atoms with Crippen LogP contribution in [0.1, 0.15) is 30.5 Å². The molecule has 3 rings (SSSR count). The Labute approximate surface area is 172 Å². The number of carbonyl (C=O) groups is 1. The molecule has 29 heavy (non-hydrogen) atoms. The number of amides is 1. The zero-order valence-corrected chi connectivity index (χ0v) is 17.4. The van der Waals surface area contributed by atoms with Gasteiger partial charge in [0.25, 0.3) is 0 Å². The number of nitrogens with one attached hydrogen (secondary N) is 1. The summed E-state index contributed by atoms with van der Waals surface area (Å²) in [6.07, 6.45) is -0.0668. The van der Waals surface area contributed by atoms with Crippen molar-refractivity contribution >= 4 is 15.7 Å². The monoisotopic (exact) mass is 407 g/mol. The van der Waals surface area contributed by atoms with E-state index in [2.05, 4.69) is 17.4 Å². The quantitative estimate of drug-likeness (QED) is 0.617. The molecule has 0 radical (unpaired) electrons. The van der Waals surface area contributed by atoms with Gasteiger partial charge in [-0.3, -0.25) is 4.79 Å². The lowest BCUT2D eigenvalue weighted by atomic mass is 10.0. The maximum atomic E-state index is 12.4. The van der Waals surface area contributed by atoms with Gasteiger partial charge in [-0.1, -0.05) is 72.3 Å². The SMILES string of the molecule is Cc1ccc(S(=O)(=O)CCC(=O)NC(C)c2ccc(-c3ccccc3)cc2)cc1.